The van der Waals surface area contributed by atoms with Crippen LogP contribution >= 0.6 is 0 Å². The topological polar surface area (TPSA) is 74.3 Å². The van der Waals surface area contributed by atoms with Crippen LogP contribution in [0.5, 0.6) is 0 Å². The second-order valence-electron chi connectivity index (χ2n) is 4.92. The summed E-state index contributed by atoms with van der Waals surface area (Å²) in [6.07, 6.45) is 2.87. The van der Waals surface area contributed by atoms with E-state index in [1.165, 1.54) is 0 Å². The van der Waals surface area contributed by atoms with Crippen LogP contribution in [0.15, 0.2) is 18.3 Å². The number of carbonyl (C=O) groups excluding carboxylic acids is 2. The molecule has 108 valence electrons. The molecule has 1 aliphatic heterocycles. The summed E-state index contributed by atoms with van der Waals surface area (Å²) in [7, 11) is 0. The van der Waals surface area contributed by atoms with Gasteiger partial charge in [0, 0.05) is 12.7 Å². The van der Waals surface area contributed by atoms with E-state index in [-0.39, 0.29) is 24.4 Å². The largest absolute Gasteiger partial charge is 0.336 e. The summed E-state index contributed by atoms with van der Waals surface area (Å²) >= 11 is 0. The molecule has 1 aliphatic rings. The van der Waals surface area contributed by atoms with Gasteiger partial charge in [-0.2, -0.15) is 0 Å². The van der Waals surface area contributed by atoms with Gasteiger partial charge in [0.25, 0.3) is 0 Å². The number of hydrogen-bond donors (Lipinski definition) is 2. The standard InChI is InChI=1S/C14H20N4O2/c1-3-6-15-7-11-4-5-12(16-8-11)18-9-13(19)17-14(20)10(18)2/h4-5,8,10,15H,3,6-7,9H2,1-2H3,(H,17,19,20). The Morgan fingerprint density at radius 1 is 1.45 bits per heavy atom. The zero-order chi connectivity index (χ0) is 14.5. The first kappa shape index (κ1) is 14.5. The highest BCUT2D eigenvalue weighted by Crippen LogP contribution is 2.16. The first-order valence-electron chi connectivity index (χ1n) is 6.87. The summed E-state index contributed by atoms with van der Waals surface area (Å²) in [6, 6.07) is 3.43. The fourth-order valence-corrected chi connectivity index (χ4v) is 2.09. The molecular weight excluding hydrogens is 256 g/mol. The Kier molecular flexibility index (Phi) is 4.68. The lowest BCUT2D eigenvalue weighted by molar-refractivity contribution is -0.132. The molecule has 6 nitrogen and oxygen atoms in total. The zero-order valence-corrected chi connectivity index (χ0v) is 11.8. The predicted octanol–water partition coefficient (Wildman–Crippen LogP) is 0.432. The molecule has 2 amide bonds. The average molecular weight is 276 g/mol. The van der Waals surface area contributed by atoms with Gasteiger partial charge in [0.05, 0.1) is 6.54 Å². The van der Waals surface area contributed by atoms with Crippen LogP contribution < -0.4 is 15.5 Å². The van der Waals surface area contributed by atoms with Crippen molar-refractivity contribution in [3.63, 3.8) is 0 Å². The van der Waals surface area contributed by atoms with E-state index in [0.717, 1.165) is 25.1 Å². The second-order valence-corrected chi connectivity index (χ2v) is 4.92. The Bertz CT molecular complexity index is 486. The number of nitrogens with zero attached hydrogens (tertiary/aromatic N) is 2. The van der Waals surface area contributed by atoms with Crippen LogP contribution in [0.25, 0.3) is 0 Å². The molecule has 2 rings (SSSR count). The number of pyridine rings is 1. The molecule has 0 saturated carbocycles. The van der Waals surface area contributed by atoms with Crippen molar-refractivity contribution in [3.8, 4) is 0 Å². The van der Waals surface area contributed by atoms with Gasteiger partial charge in [-0.1, -0.05) is 13.0 Å². The highest BCUT2D eigenvalue weighted by Gasteiger charge is 2.30. The third-order valence-electron chi connectivity index (χ3n) is 3.28. The van der Waals surface area contributed by atoms with Crippen molar-refractivity contribution >= 4 is 17.6 Å². The molecule has 1 saturated heterocycles. The van der Waals surface area contributed by atoms with Crippen LogP contribution in [-0.2, 0) is 16.1 Å². The molecule has 0 aromatic carbocycles. The lowest BCUT2D eigenvalue weighted by Gasteiger charge is -2.32. The van der Waals surface area contributed by atoms with Crippen LogP contribution in [0.4, 0.5) is 5.82 Å². The SMILES string of the molecule is CCCNCc1ccc(N2CC(=O)NC(=O)C2C)nc1. The van der Waals surface area contributed by atoms with Crippen LogP contribution in [0.3, 0.4) is 0 Å². The van der Waals surface area contributed by atoms with Crippen LogP contribution in [0, 0.1) is 0 Å². The Morgan fingerprint density at radius 2 is 2.25 bits per heavy atom. The Hall–Kier alpha value is -1.95. The monoisotopic (exact) mass is 276 g/mol. The number of piperazine rings is 1. The maximum absolute atomic E-state index is 11.6. The van der Waals surface area contributed by atoms with Gasteiger partial charge in [0.1, 0.15) is 11.9 Å². The minimum atomic E-state index is -0.385. The minimum Gasteiger partial charge on any atom is -0.336 e. The number of imide groups is 1. The third kappa shape index (κ3) is 3.33. The first-order valence-corrected chi connectivity index (χ1v) is 6.87. The van der Waals surface area contributed by atoms with Crippen molar-refractivity contribution in [2.45, 2.75) is 32.9 Å². The van der Waals surface area contributed by atoms with Gasteiger partial charge in [0.15, 0.2) is 0 Å². The number of carbonyl (C=O) groups is 2. The van der Waals surface area contributed by atoms with Crippen LogP contribution in [0.2, 0.25) is 0 Å². The third-order valence-corrected chi connectivity index (χ3v) is 3.28. The number of anilines is 1. The number of rotatable bonds is 5. The van der Waals surface area contributed by atoms with Crippen molar-refractivity contribution in [1.29, 1.82) is 0 Å². The molecule has 20 heavy (non-hydrogen) atoms. The quantitative estimate of drug-likeness (QED) is 0.603. The molecule has 0 bridgehead atoms. The number of amides is 2. The highest BCUT2D eigenvalue weighted by atomic mass is 16.2. The molecule has 2 heterocycles. The Morgan fingerprint density at radius 3 is 2.90 bits per heavy atom. The van der Waals surface area contributed by atoms with Gasteiger partial charge in [-0.3, -0.25) is 14.9 Å². The number of hydrogen-bond acceptors (Lipinski definition) is 5. The summed E-state index contributed by atoms with van der Waals surface area (Å²) < 4.78 is 0. The summed E-state index contributed by atoms with van der Waals surface area (Å²) in [4.78, 5) is 29.1. The maximum Gasteiger partial charge on any atom is 0.249 e. The van der Waals surface area contributed by atoms with E-state index < -0.39 is 0 Å². The van der Waals surface area contributed by atoms with Crippen molar-refractivity contribution in [1.82, 2.24) is 15.6 Å². The normalized spacial score (nSPS) is 19.1. The summed E-state index contributed by atoms with van der Waals surface area (Å²) in [5, 5.41) is 5.62. The van der Waals surface area contributed by atoms with E-state index in [4.69, 9.17) is 0 Å². The van der Waals surface area contributed by atoms with Crippen LogP contribution in [-0.4, -0.2) is 35.9 Å². The highest BCUT2D eigenvalue weighted by molar-refractivity contribution is 6.04. The number of aromatic nitrogens is 1. The lowest BCUT2D eigenvalue weighted by Crippen LogP contribution is -2.57. The van der Waals surface area contributed by atoms with Gasteiger partial charge in [-0.15, -0.1) is 0 Å². The summed E-state index contributed by atoms with van der Waals surface area (Å²) in [5.41, 5.74) is 1.09. The molecule has 2 N–H and O–H groups in total. The molecule has 1 aromatic heterocycles. The average Bonchev–Trinajstić information content (AvgIpc) is 2.44. The van der Waals surface area contributed by atoms with E-state index in [1.54, 1.807) is 18.0 Å². The Labute approximate surface area is 118 Å². The van der Waals surface area contributed by atoms with Crippen molar-refractivity contribution in [2.75, 3.05) is 18.0 Å². The van der Waals surface area contributed by atoms with Gasteiger partial charge < -0.3 is 10.2 Å². The van der Waals surface area contributed by atoms with Gasteiger partial charge >= 0.3 is 0 Å². The second kappa shape index (κ2) is 6.47. The van der Waals surface area contributed by atoms with Crippen molar-refractivity contribution in [2.24, 2.45) is 0 Å². The van der Waals surface area contributed by atoms with Crippen LogP contribution in [0.1, 0.15) is 25.8 Å². The molecule has 1 aromatic rings. The lowest BCUT2D eigenvalue weighted by atomic mass is 10.2. The fourth-order valence-electron chi connectivity index (χ4n) is 2.09. The summed E-state index contributed by atoms with van der Waals surface area (Å²) in [5.74, 6) is 0.0836. The molecular formula is C14H20N4O2. The Balaban J connectivity index is 2.05. The predicted molar refractivity (Wildman–Crippen MR) is 76.2 cm³/mol. The first-order chi connectivity index (χ1) is 9.61. The molecule has 1 fully saturated rings. The molecule has 1 atom stereocenters. The zero-order valence-electron chi connectivity index (χ0n) is 11.8. The smallest absolute Gasteiger partial charge is 0.249 e. The molecule has 0 spiro atoms. The number of nitrogens with one attached hydrogen (secondary N) is 2. The molecule has 1 unspecified atom stereocenters. The van der Waals surface area contributed by atoms with Gasteiger partial charge in [0.2, 0.25) is 11.8 Å². The van der Waals surface area contributed by atoms with E-state index in [1.807, 2.05) is 12.1 Å². The fraction of sp³-hybridized carbons (Fsp3) is 0.500. The van der Waals surface area contributed by atoms with Gasteiger partial charge in [-0.05, 0) is 31.5 Å². The summed E-state index contributed by atoms with van der Waals surface area (Å²) in [6.45, 7) is 5.79. The minimum absolute atomic E-state index is 0.160. The van der Waals surface area contributed by atoms with E-state index >= 15 is 0 Å². The van der Waals surface area contributed by atoms with Crippen molar-refractivity contribution in [3.05, 3.63) is 23.9 Å². The van der Waals surface area contributed by atoms with Gasteiger partial charge in [-0.25, -0.2) is 4.98 Å². The van der Waals surface area contributed by atoms with E-state index in [0.29, 0.717) is 5.82 Å². The maximum atomic E-state index is 11.6. The van der Waals surface area contributed by atoms with E-state index in [2.05, 4.69) is 22.5 Å². The molecule has 0 radical (unpaired) electrons. The molecule has 0 aliphatic carbocycles. The van der Waals surface area contributed by atoms with E-state index in [9.17, 15) is 9.59 Å². The van der Waals surface area contributed by atoms with Crippen molar-refractivity contribution < 1.29 is 9.59 Å². The molecule has 6 heteroatoms.